The van der Waals surface area contributed by atoms with Crippen molar-refractivity contribution in [3.05, 3.63) is 47.0 Å². The molecule has 0 aliphatic rings. The number of carboxylic acid groups (broad SMARTS) is 1. The number of hydrogen-bond acceptors (Lipinski definition) is 2. The molecule has 0 radical (unpaired) electrons. The fraction of sp³-hybridized carbons (Fsp3) is 0.308. The molecule has 16 heavy (non-hydrogen) atoms. The molecule has 0 aromatic heterocycles. The Hall–Kier alpha value is -1.61. The highest BCUT2D eigenvalue weighted by atomic mass is 16.4. The minimum Gasteiger partial charge on any atom is -0.478 e. The fourth-order valence-corrected chi connectivity index (χ4v) is 1.37. The lowest BCUT2D eigenvalue weighted by molar-refractivity contribution is -0.131. The van der Waals surface area contributed by atoms with Gasteiger partial charge in [-0.1, -0.05) is 24.3 Å². The second kappa shape index (κ2) is 6.08. The van der Waals surface area contributed by atoms with Gasteiger partial charge in [0.25, 0.3) is 0 Å². The Kier molecular flexibility index (Phi) is 4.73. The van der Waals surface area contributed by atoms with Crippen molar-refractivity contribution in [3.63, 3.8) is 0 Å². The lowest BCUT2D eigenvalue weighted by Crippen LogP contribution is -2.13. The maximum absolute atomic E-state index is 10.2. The van der Waals surface area contributed by atoms with Gasteiger partial charge in [-0.2, -0.15) is 0 Å². The van der Waals surface area contributed by atoms with Crippen LogP contribution in [0.3, 0.4) is 0 Å². The van der Waals surface area contributed by atoms with Gasteiger partial charge in [0.15, 0.2) is 0 Å². The van der Waals surface area contributed by atoms with E-state index >= 15 is 0 Å². The second-order valence-electron chi connectivity index (χ2n) is 3.79. The Morgan fingerprint density at radius 3 is 2.75 bits per heavy atom. The molecule has 0 spiro atoms. The molecule has 0 aliphatic heterocycles. The Labute approximate surface area is 95.8 Å². The predicted molar refractivity (Wildman–Crippen MR) is 64.4 cm³/mol. The minimum absolute atomic E-state index is 0.569. The van der Waals surface area contributed by atoms with E-state index in [1.807, 2.05) is 0 Å². The number of carboxylic acids is 1. The first-order valence-corrected chi connectivity index (χ1v) is 5.26. The van der Waals surface area contributed by atoms with Crippen molar-refractivity contribution in [1.82, 2.24) is 5.32 Å². The van der Waals surface area contributed by atoms with Gasteiger partial charge in [0.2, 0.25) is 0 Å². The summed E-state index contributed by atoms with van der Waals surface area (Å²) in [4.78, 5) is 10.2. The summed E-state index contributed by atoms with van der Waals surface area (Å²) in [6.45, 7) is 5.50. The van der Waals surface area contributed by atoms with E-state index in [1.54, 1.807) is 6.08 Å². The van der Waals surface area contributed by atoms with Gasteiger partial charge in [0.1, 0.15) is 0 Å². The number of carbonyl (C=O) groups is 1. The van der Waals surface area contributed by atoms with E-state index in [-0.39, 0.29) is 0 Å². The van der Waals surface area contributed by atoms with E-state index < -0.39 is 5.97 Å². The fourth-order valence-electron chi connectivity index (χ4n) is 1.37. The lowest BCUT2D eigenvalue weighted by Gasteiger charge is -2.05. The van der Waals surface area contributed by atoms with Crippen LogP contribution in [0.4, 0.5) is 0 Å². The van der Waals surface area contributed by atoms with E-state index in [1.165, 1.54) is 16.7 Å². The van der Waals surface area contributed by atoms with Crippen molar-refractivity contribution in [1.29, 1.82) is 0 Å². The Bertz CT molecular complexity index is 397. The molecule has 1 aromatic rings. The third-order valence-electron chi connectivity index (χ3n) is 2.42. The summed E-state index contributed by atoms with van der Waals surface area (Å²) in [7, 11) is 0. The number of aliphatic carboxylic acids is 1. The van der Waals surface area contributed by atoms with Crippen molar-refractivity contribution < 1.29 is 9.90 Å². The quantitative estimate of drug-likeness (QED) is 0.588. The van der Waals surface area contributed by atoms with E-state index in [0.29, 0.717) is 6.54 Å². The van der Waals surface area contributed by atoms with Crippen LogP contribution in [0.2, 0.25) is 0 Å². The van der Waals surface area contributed by atoms with Crippen LogP contribution in [0.5, 0.6) is 0 Å². The Morgan fingerprint density at radius 2 is 2.12 bits per heavy atom. The molecule has 86 valence electrons. The summed E-state index contributed by atoms with van der Waals surface area (Å²) in [6, 6.07) is 6.32. The molecule has 0 saturated heterocycles. The standard InChI is InChI=1S/C13H17NO2/c1-10-5-6-12(8-11(10)2)9-14-7-3-4-13(15)16/h3-6,8,14H,7,9H2,1-2H3,(H,15,16)/b4-3+. The smallest absolute Gasteiger partial charge is 0.328 e. The number of aryl methyl sites for hydroxylation is 2. The van der Waals surface area contributed by atoms with Gasteiger partial charge in [-0.3, -0.25) is 0 Å². The van der Waals surface area contributed by atoms with Crippen LogP contribution in [0, 0.1) is 13.8 Å². The summed E-state index contributed by atoms with van der Waals surface area (Å²) in [5.41, 5.74) is 3.78. The van der Waals surface area contributed by atoms with E-state index in [0.717, 1.165) is 12.6 Å². The average molecular weight is 219 g/mol. The molecule has 0 aliphatic carbocycles. The van der Waals surface area contributed by atoms with Crippen molar-refractivity contribution in [2.24, 2.45) is 0 Å². The molecule has 1 rings (SSSR count). The molecule has 1 aromatic carbocycles. The summed E-state index contributed by atoms with van der Waals surface area (Å²) < 4.78 is 0. The zero-order valence-corrected chi connectivity index (χ0v) is 9.66. The highest BCUT2D eigenvalue weighted by Crippen LogP contribution is 2.09. The van der Waals surface area contributed by atoms with Crippen LogP contribution >= 0.6 is 0 Å². The second-order valence-corrected chi connectivity index (χ2v) is 3.79. The molecule has 0 bridgehead atoms. The molecule has 0 saturated carbocycles. The van der Waals surface area contributed by atoms with Crippen molar-refractivity contribution in [2.45, 2.75) is 20.4 Å². The summed E-state index contributed by atoms with van der Waals surface area (Å²) >= 11 is 0. The van der Waals surface area contributed by atoms with Gasteiger partial charge in [-0.15, -0.1) is 0 Å². The van der Waals surface area contributed by atoms with Gasteiger partial charge in [-0.05, 0) is 30.5 Å². The summed E-state index contributed by atoms with van der Waals surface area (Å²) in [5, 5.41) is 11.5. The number of benzene rings is 1. The van der Waals surface area contributed by atoms with Gasteiger partial charge in [-0.25, -0.2) is 4.79 Å². The average Bonchev–Trinajstić information content (AvgIpc) is 2.22. The highest BCUT2D eigenvalue weighted by Gasteiger charge is 1.95. The minimum atomic E-state index is -0.909. The first-order valence-electron chi connectivity index (χ1n) is 5.26. The van der Waals surface area contributed by atoms with E-state index in [4.69, 9.17) is 5.11 Å². The topological polar surface area (TPSA) is 49.3 Å². The molecule has 3 heteroatoms. The Morgan fingerprint density at radius 1 is 1.38 bits per heavy atom. The van der Waals surface area contributed by atoms with Crippen LogP contribution < -0.4 is 5.32 Å². The molecule has 0 heterocycles. The van der Waals surface area contributed by atoms with Crippen LogP contribution in [0.25, 0.3) is 0 Å². The normalized spacial score (nSPS) is 10.9. The van der Waals surface area contributed by atoms with Gasteiger partial charge >= 0.3 is 5.97 Å². The van der Waals surface area contributed by atoms with E-state index in [9.17, 15) is 4.79 Å². The largest absolute Gasteiger partial charge is 0.478 e. The SMILES string of the molecule is Cc1ccc(CNC/C=C/C(=O)O)cc1C. The number of rotatable bonds is 5. The molecule has 0 amide bonds. The van der Waals surface area contributed by atoms with Gasteiger partial charge in [0, 0.05) is 19.2 Å². The lowest BCUT2D eigenvalue weighted by atomic mass is 10.1. The number of hydrogen-bond donors (Lipinski definition) is 2. The van der Waals surface area contributed by atoms with Crippen LogP contribution in [-0.2, 0) is 11.3 Å². The maximum atomic E-state index is 10.2. The monoisotopic (exact) mass is 219 g/mol. The number of nitrogens with one attached hydrogen (secondary N) is 1. The summed E-state index contributed by atoms with van der Waals surface area (Å²) in [5.74, 6) is -0.909. The first-order chi connectivity index (χ1) is 7.59. The molecule has 3 nitrogen and oxygen atoms in total. The predicted octanol–water partition coefficient (Wildman–Crippen LogP) is 2.03. The molecule has 0 fully saturated rings. The molecule has 2 N–H and O–H groups in total. The van der Waals surface area contributed by atoms with Crippen LogP contribution in [0.15, 0.2) is 30.4 Å². The van der Waals surface area contributed by atoms with Crippen molar-refractivity contribution >= 4 is 5.97 Å². The van der Waals surface area contributed by atoms with Crippen LogP contribution in [-0.4, -0.2) is 17.6 Å². The first kappa shape index (κ1) is 12.5. The Balaban J connectivity index is 2.37. The third-order valence-corrected chi connectivity index (χ3v) is 2.42. The van der Waals surface area contributed by atoms with Gasteiger partial charge < -0.3 is 10.4 Å². The van der Waals surface area contributed by atoms with Gasteiger partial charge in [0.05, 0.1) is 0 Å². The highest BCUT2D eigenvalue weighted by molar-refractivity contribution is 5.79. The molecular formula is C13H17NO2. The van der Waals surface area contributed by atoms with Crippen LogP contribution in [0.1, 0.15) is 16.7 Å². The molecule has 0 atom stereocenters. The summed E-state index contributed by atoms with van der Waals surface area (Å²) in [6.07, 6.45) is 2.75. The van der Waals surface area contributed by atoms with Crippen molar-refractivity contribution in [3.8, 4) is 0 Å². The molecule has 0 unspecified atom stereocenters. The third kappa shape index (κ3) is 4.28. The van der Waals surface area contributed by atoms with Crippen molar-refractivity contribution in [2.75, 3.05) is 6.54 Å². The van der Waals surface area contributed by atoms with E-state index in [2.05, 4.69) is 37.4 Å². The maximum Gasteiger partial charge on any atom is 0.328 e. The zero-order valence-electron chi connectivity index (χ0n) is 9.66. The molecular weight excluding hydrogens is 202 g/mol. The zero-order chi connectivity index (χ0) is 12.0.